The van der Waals surface area contributed by atoms with E-state index in [-0.39, 0.29) is 24.5 Å². The van der Waals surface area contributed by atoms with Gasteiger partial charge in [-0.05, 0) is 61.6 Å². The number of amides is 2. The lowest BCUT2D eigenvalue weighted by molar-refractivity contribution is -0.141. The predicted molar refractivity (Wildman–Crippen MR) is 144 cm³/mol. The smallest absolute Gasteiger partial charge is 0.249 e. The summed E-state index contributed by atoms with van der Waals surface area (Å²) in [6, 6.07) is 18.7. The molecule has 0 aliphatic carbocycles. The largest absolute Gasteiger partial charge is 0.376 e. The SMILES string of the molecule is Cc1ccccc1CCN(C(=O)Cn1nnc2ccccc21)[C@H](C(=O)NC[C@@H]1CCCO1)c1cccn1C. The molecule has 1 aliphatic heterocycles. The van der Waals surface area contributed by atoms with Crippen molar-refractivity contribution in [3.63, 3.8) is 0 Å². The molecule has 9 nitrogen and oxygen atoms in total. The van der Waals surface area contributed by atoms with Gasteiger partial charge in [0.25, 0.3) is 0 Å². The minimum absolute atomic E-state index is 0.00523. The second kappa shape index (κ2) is 11.6. The fourth-order valence-corrected chi connectivity index (χ4v) is 5.09. The van der Waals surface area contributed by atoms with E-state index in [0.717, 1.165) is 40.7 Å². The van der Waals surface area contributed by atoms with Gasteiger partial charge in [0.05, 0.1) is 11.6 Å². The van der Waals surface area contributed by atoms with Crippen LogP contribution >= 0.6 is 0 Å². The normalized spacial score (nSPS) is 16.0. The lowest BCUT2D eigenvalue weighted by Crippen LogP contribution is -2.47. The van der Waals surface area contributed by atoms with Crippen LogP contribution in [0.5, 0.6) is 0 Å². The molecule has 0 unspecified atom stereocenters. The maximum absolute atomic E-state index is 14.0. The molecule has 198 valence electrons. The molecule has 5 rings (SSSR count). The number of nitrogens with one attached hydrogen (secondary N) is 1. The van der Waals surface area contributed by atoms with Crippen molar-refractivity contribution in [2.24, 2.45) is 7.05 Å². The molecule has 0 saturated carbocycles. The van der Waals surface area contributed by atoms with Gasteiger partial charge in [-0.25, -0.2) is 4.68 Å². The van der Waals surface area contributed by atoms with Gasteiger partial charge in [0.2, 0.25) is 11.8 Å². The van der Waals surface area contributed by atoms with Gasteiger partial charge in [0.15, 0.2) is 6.04 Å². The van der Waals surface area contributed by atoms with Gasteiger partial charge in [-0.2, -0.15) is 0 Å². The van der Waals surface area contributed by atoms with Gasteiger partial charge in [-0.15, -0.1) is 5.10 Å². The molecule has 1 saturated heterocycles. The highest BCUT2D eigenvalue weighted by Gasteiger charge is 2.34. The standard InChI is InChI=1S/C29H34N6O3/c1-21-9-3-4-10-22(21)15-17-34(27(36)20-35-25-13-6-5-12-24(25)31-32-35)28(26-14-7-16-33(26)2)29(37)30-19-23-11-8-18-38-23/h3-7,9-10,12-14,16,23,28H,8,11,15,17-20H2,1-2H3,(H,30,37)/t23-,28-/m0/s1. The van der Waals surface area contributed by atoms with E-state index in [0.29, 0.717) is 26.1 Å². The topological polar surface area (TPSA) is 94.3 Å². The zero-order chi connectivity index (χ0) is 26.5. The van der Waals surface area contributed by atoms with Crippen LogP contribution < -0.4 is 5.32 Å². The number of rotatable bonds is 10. The molecular formula is C29H34N6O3. The van der Waals surface area contributed by atoms with Crippen LogP contribution in [-0.2, 0) is 34.3 Å². The van der Waals surface area contributed by atoms with E-state index in [4.69, 9.17) is 4.74 Å². The van der Waals surface area contributed by atoms with Gasteiger partial charge < -0.3 is 19.5 Å². The number of nitrogens with zero attached hydrogens (tertiary/aromatic N) is 5. The van der Waals surface area contributed by atoms with Crippen molar-refractivity contribution in [3.05, 3.63) is 83.7 Å². The Kier molecular flexibility index (Phi) is 7.83. The number of para-hydroxylation sites is 1. The van der Waals surface area contributed by atoms with Crippen LogP contribution in [0.3, 0.4) is 0 Å². The van der Waals surface area contributed by atoms with Crippen LogP contribution in [0.2, 0.25) is 0 Å². The molecule has 4 aromatic rings. The van der Waals surface area contributed by atoms with Gasteiger partial charge in [0, 0.05) is 38.6 Å². The third-order valence-electron chi connectivity index (χ3n) is 7.26. The molecule has 38 heavy (non-hydrogen) atoms. The Morgan fingerprint density at radius 2 is 1.95 bits per heavy atom. The second-order valence-electron chi connectivity index (χ2n) is 9.83. The van der Waals surface area contributed by atoms with Crippen molar-refractivity contribution in [3.8, 4) is 0 Å². The highest BCUT2D eigenvalue weighted by Crippen LogP contribution is 2.24. The Labute approximate surface area is 222 Å². The minimum atomic E-state index is -0.803. The van der Waals surface area contributed by atoms with E-state index >= 15 is 0 Å². The third kappa shape index (κ3) is 5.62. The van der Waals surface area contributed by atoms with E-state index < -0.39 is 6.04 Å². The monoisotopic (exact) mass is 514 g/mol. The number of hydrogen-bond donors (Lipinski definition) is 1. The molecule has 2 amide bonds. The number of carbonyl (C=O) groups is 2. The second-order valence-corrected chi connectivity index (χ2v) is 9.83. The summed E-state index contributed by atoms with van der Waals surface area (Å²) in [7, 11) is 1.89. The van der Waals surface area contributed by atoms with E-state index in [1.807, 2.05) is 66.3 Å². The average Bonchev–Trinajstić information content (AvgIpc) is 3.68. The van der Waals surface area contributed by atoms with E-state index in [1.165, 1.54) is 0 Å². The number of aryl methyl sites for hydroxylation is 2. The molecule has 0 radical (unpaired) electrons. The lowest BCUT2D eigenvalue weighted by Gasteiger charge is -2.32. The number of fused-ring (bicyclic) bond motifs is 1. The van der Waals surface area contributed by atoms with Crippen molar-refractivity contribution >= 4 is 22.8 Å². The summed E-state index contributed by atoms with van der Waals surface area (Å²) >= 11 is 0. The molecule has 1 N–H and O–H groups in total. The summed E-state index contributed by atoms with van der Waals surface area (Å²) in [5, 5.41) is 11.5. The predicted octanol–water partition coefficient (Wildman–Crippen LogP) is 3.19. The van der Waals surface area contributed by atoms with Crippen molar-refractivity contribution in [2.75, 3.05) is 19.7 Å². The number of carbonyl (C=O) groups excluding carboxylic acids is 2. The summed E-state index contributed by atoms with van der Waals surface area (Å²) in [6.45, 7) is 3.56. The van der Waals surface area contributed by atoms with Crippen LogP contribution in [-0.4, -0.2) is 62.1 Å². The average molecular weight is 515 g/mol. The van der Waals surface area contributed by atoms with Crippen LogP contribution in [0.25, 0.3) is 11.0 Å². The van der Waals surface area contributed by atoms with Gasteiger partial charge in [-0.3, -0.25) is 9.59 Å². The Morgan fingerprint density at radius 3 is 2.71 bits per heavy atom. The zero-order valence-electron chi connectivity index (χ0n) is 21.9. The van der Waals surface area contributed by atoms with Crippen molar-refractivity contribution in [2.45, 2.75) is 44.9 Å². The first kappa shape index (κ1) is 25.7. The molecule has 2 atom stereocenters. The maximum atomic E-state index is 14.0. The van der Waals surface area contributed by atoms with E-state index in [1.54, 1.807) is 9.58 Å². The molecule has 1 aliphatic rings. The summed E-state index contributed by atoms with van der Waals surface area (Å²) in [4.78, 5) is 29.5. The van der Waals surface area contributed by atoms with Gasteiger partial charge in [-0.1, -0.05) is 41.6 Å². The molecule has 9 heteroatoms. The molecule has 2 aromatic heterocycles. The summed E-state index contributed by atoms with van der Waals surface area (Å²) in [5.74, 6) is -0.420. The summed E-state index contributed by atoms with van der Waals surface area (Å²) < 4.78 is 9.22. The van der Waals surface area contributed by atoms with E-state index in [2.05, 4.69) is 34.7 Å². The fraction of sp³-hybridized carbons (Fsp3) is 0.379. The van der Waals surface area contributed by atoms with Gasteiger partial charge in [0.1, 0.15) is 12.1 Å². The molecule has 1 fully saturated rings. The number of benzene rings is 2. The van der Waals surface area contributed by atoms with Gasteiger partial charge >= 0.3 is 0 Å². The minimum Gasteiger partial charge on any atom is -0.376 e. The summed E-state index contributed by atoms with van der Waals surface area (Å²) in [5.41, 5.74) is 4.54. The lowest BCUT2D eigenvalue weighted by atomic mass is 10.0. The molecule has 0 spiro atoms. The third-order valence-corrected chi connectivity index (χ3v) is 7.26. The Morgan fingerprint density at radius 1 is 1.13 bits per heavy atom. The van der Waals surface area contributed by atoms with E-state index in [9.17, 15) is 9.59 Å². The Bertz CT molecular complexity index is 1400. The first-order valence-corrected chi connectivity index (χ1v) is 13.1. The highest BCUT2D eigenvalue weighted by atomic mass is 16.5. The van der Waals surface area contributed by atoms with Crippen LogP contribution in [0.4, 0.5) is 0 Å². The molecule has 2 aromatic carbocycles. The van der Waals surface area contributed by atoms with Crippen LogP contribution in [0.1, 0.15) is 35.7 Å². The van der Waals surface area contributed by atoms with Crippen LogP contribution in [0.15, 0.2) is 66.9 Å². The molecule has 3 heterocycles. The zero-order valence-corrected chi connectivity index (χ0v) is 21.9. The molecule has 0 bridgehead atoms. The highest BCUT2D eigenvalue weighted by molar-refractivity contribution is 5.89. The van der Waals surface area contributed by atoms with Crippen LogP contribution in [0, 0.1) is 6.92 Å². The quantitative estimate of drug-likeness (QED) is 0.351. The first-order valence-electron chi connectivity index (χ1n) is 13.1. The summed E-state index contributed by atoms with van der Waals surface area (Å²) in [6.07, 6.45) is 4.44. The molecular weight excluding hydrogens is 480 g/mol. The maximum Gasteiger partial charge on any atom is 0.249 e. The number of ether oxygens (including phenoxy) is 1. The van der Waals surface area contributed by atoms with Crippen molar-refractivity contribution in [1.82, 2.24) is 29.8 Å². The van der Waals surface area contributed by atoms with Crippen molar-refractivity contribution < 1.29 is 14.3 Å². The Balaban J connectivity index is 1.46. The Hall–Kier alpha value is -3.98. The first-order chi connectivity index (χ1) is 18.5. The van der Waals surface area contributed by atoms with Crippen molar-refractivity contribution in [1.29, 1.82) is 0 Å². The fourth-order valence-electron chi connectivity index (χ4n) is 5.09. The number of aromatic nitrogens is 4. The number of hydrogen-bond acceptors (Lipinski definition) is 5.